The van der Waals surface area contributed by atoms with Crippen molar-refractivity contribution in [3.8, 4) is 0 Å². The van der Waals surface area contributed by atoms with Crippen LogP contribution in [0.3, 0.4) is 0 Å². The summed E-state index contributed by atoms with van der Waals surface area (Å²) >= 11 is 0. The van der Waals surface area contributed by atoms with Gasteiger partial charge in [0.2, 0.25) is 11.8 Å². The molecule has 6 rings (SSSR count). The van der Waals surface area contributed by atoms with Crippen molar-refractivity contribution < 1.29 is 33.2 Å². The minimum atomic E-state index is -0.968. The van der Waals surface area contributed by atoms with Crippen LogP contribution in [0.1, 0.15) is 92.9 Å². The number of alkyl carbamates (subject to hydrolysis) is 1. The maximum absolute atomic E-state index is 13.8. The van der Waals surface area contributed by atoms with Crippen LogP contribution in [0, 0.1) is 17.3 Å². The molecule has 3 saturated carbocycles. The summed E-state index contributed by atoms with van der Waals surface area (Å²) in [5, 5.41) is 5.93. The molecule has 0 spiro atoms. The Kier molecular flexibility index (Phi) is 9.04. The highest BCUT2D eigenvalue weighted by Crippen LogP contribution is 2.65. The van der Waals surface area contributed by atoms with Gasteiger partial charge in [-0.1, -0.05) is 32.4 Å². The number of fused-ring (bicyclic) bond motifs is 1. The quantitative estimate of drug-likeness (QED) is 0.373. The van der Waals surface area contributed by atoms with Crippen molar-refractivity contribution in [2.45, 2.75) is 128 Å². The molecule has 6 aliphatic rings. The molecule has 2 N–H and O–H groups in total. The third kappa shape index (κ3) is 6.38. The zero-order valence-corrected chi connectivity index (χ0v) is 26.3. The minimum Gasteiger partial charge on any atom is -0.444 e. The van der Waals surface area contributed by atoms with E-state index in [1.807, 2.05) is 6.08 Å². The number of amides is 3. The first kappa shape index (κ1) is 31.3. The first-order valence-corrected chi connectivity index (χ1v) is 16.0. The van der Waals surface area contributed by atoms with Crippen molar-refractivity contribution in [1.82, 2.24) is 15.5 Å². The number of hydrogen-bond acceptors (Lipinski definition) is 7. The molecule has 2 saturated heterocycles. The summed E-state index contributed by atoms with van der Waals surface area (Å²) in [6.07, 6.45) is 10.2. The van der Waals surface area contributed by atoms with Crippen molar-refractivity contribution in [3.05, 3.63) is 12.2 Å². The Morgan fingerprint density at radius 2 is 1.90 bits per heavy atom. The van der Waals surface area contributed by atoms with Crippen LogP contribution < -0.4 is 10.6 Å². The van der Waals surface area contributed by atoms with Crippen LogP contribution in [-0.2, 0) is 28.4 Å². The largest absolute Gasteiger partial charge is 0.481 e. The molecular formula is C31H50BN3O7. The average Bonchev–Trinajstić information content (AvgIpc) is 3.53. The van der Waals surface area contributed by atoms with Gasteiger partial charge in [-0.15, -0.1) is 0 Å². The van der Waals surface area contributed by atoms with Gasteiger partial charge in [0.25, 0.3) is 0 Å². The van der Waals surface area contributed by atoms with Crippen LogP contribution in [0.5, 0.6) is 0 Å². The maximum Gasteiger partial charge on any atom is 0.481 e. The molecule has 234 valence electrons. The summed E-state index contributed by atoms with van der Waals surface area (Å²) in [7, 11) is -0.519. The van der Waals surface area contributed by atoms with Crippen LogP contribution >= 0.6 is 0 Å². The molecule has 3 aliphatic carbocycles. The van der Waals surface area contributed by atoms with Crippen LogP contribution in [0.4, 0.5) is 4.79 Å². The van der Waals surface area contributed by atoms with Gasteiger partial charge in [-0.05, 0) is 89.9 Å². The van der Waals surface area contributed by atoms with E-state index in [9.17, 15) is 14.4 Å². The number of nitrogens with zero attached hydrogens (tertiary/aromatic N) is 1. The van der Waals surface area contributed by atoms with Crippen LogP contribution in [0.25, 0.3) is 0 Å². The zero-order chi connectivity index (χ0) is 30.3. The fourth-order valence-electron chi connectivity index (χ4n) is 7.82. The van der Waals surface area contributed by atoms with Crippen molar-refractivity contribution in [3.63, 3.8) is 0 Å². The predicted octanol–water partition coefficient (Wildman–Crippen LogP) is 3.77. The Morgan fingerprint density at radius 3 is 2.64 bits per heavy atom. The number of hydrogen-bond donors (Lipinski definition) is 2. The molecule has 0 radical (unpaired) electrons. The molecule has 3 heterocycles. The van der Waals surface area contributed by atoms with Crippen molar-refractivity contribution in [2.75, 3.05) is 19.8 Å². The van der Waals surface area contributed by atoms with Gasteiger partial charge in [-0.3, -0.25) is 9.59 Å². The van der Waals surface area contributed by atoms with E-state index in [1.165, 1.54) is 6.42 Å². The zero-order valence-electron chi connectivity index (χ0n) is 26.3. The predicted molar refractivity (Wildman–Crippen MR) is 158 cm³/mol. The number of carbonyl (C=O) groups excluding carboxylic acids is 3. The van der Waals surface area contributed by atoms with Crippen LogP contribution in [0.15, 0.2) is 12.2 Å². The van der Waals surface area contributed by atoms with E-state index in [-0.39, 0.29) is 41.5 Å². The Labute approximate surface area is 251 Å². The summed E-state index contributed by atoms with van der Waals surface area (Å²) in [4.78, 5) is 41.7. The lowest BCUT2D eigenvalue weighted by molar-refractivity contribution is -0.199. The van der Waals surface area contributed by atoms with E-state index >= 15 is 0 Å². The molecular weight excluding hydrogens is 537 g/mol. The lowest BCUT2D eigenvalue weighted by Crippen LogP contribution is -2.65. The third-order valence-corrected chi connectivity index (χ3v) is 10.3. The summed E-state index contributed by atoms with van der Waals surface area (Å²) in [6, 6.07) is -1.61. The Hall–Kier alpha value is -2.11. The Morgan fingerprint density at radius 1 is 1.12 bits per heavy atom. The fraction of sp³-hybridized carbons (Fsp3) is 0.839. The second-order valence-electron chi connectivity index (χ2n) is 14.6. The minimum absolute atomic E-state index is 0.0158. The molecule has 42 heavy (non-hydrogen) atoms. The second-order valence-corrected chi connectivity index (χ2v) is 14.6. The van der Waals surface area contributed by atoms with Gasteiger partial charge in [-0.25, -0.2) is 4.79 Å². The van der Waals surface area contributed by atoms with E-state index in [2.05, 4.69) is 37.5 Å². The summed E-state index contributed by atoms with van der Waals surface area (Å²) in [5.41, 5.74) is -0.839. The highest BCUT2D eigenvalue weighted by molar-refractivity contribution is 6.47. The van der Waals surface area contributed by atoms with E-state index in [1.54, 1.807) is 25.7 Å². The molecule has 0 aromatic heterocycles. The number of rotatable bonds is 2. The monoisotopic (exact) mass is 587 g/mol. The van der Waals surface area contributed by atoms with Gasteiger partial charge in [-0.2, -0.15) is 0 Å². The summed E-state index contributed by atoms with van der Waals surface area (Å²) < 4.78 is 24.5. The van der Waals surface area contributed by atoms with E-state index in [0.717, 1.165) is 32.1 Å². The first-order valence-electron chi connectivity index (χ1n) is 16.0. The Balaban J connectivity index is 1.32. The number of nitrogens with one attached hydrogen (secondary N) is 2. The molecule has 2 bridgehead atoms. The molecule has 10 nitrogen and oxygen atoms in total. The first-order chi connectivity index (χ1) is 19.8. The third-order valence-electron chi connectivity index (χ3n) is 10.3. The van der Waals surface area contributed by atoms with Gasteiger partial charge in [0.1, 0.15) is 17.7 Å². The molecule has 7 atom stereocenters. The molecule has 4 unspecified atom stereocenters. The molecule has 11 heteroatoms. The van der Waals surface area contributed by atoms with E-state index in [4.69, 9.17) is 18.8 Å². The number of ether oxygens (including phenoxy) is 2. The summed E-state index contributed by atoms with van der Waals surface area (Å²) in [6.45, 7) is 12.9. The SMILES string of the molecule is CC(C)(C)OC(=O)N[C@H]1COC/C=C/CCCC[C@H](B2OC3CC4CC(C4(C)C)C3(C)O2)NC(=O)[C@@H]2CCCN2C1=O. The Bertz CT molecular complexity index is 1060. The second kappa shape index (κ2) is 12.1. The number of carbonyl (C=O) groups is 3. The standard InChI is InChI=1S/C31H50BN3O7/c1-29(2,3)40-28(38)33-21-19-39-16-11-9-7-8-10-14-25(34-26(36)22-13-12-15-35(22)27(21)37)32-41-24-18-20-17-23(30(20,4)5)31(24,6)42-32/h9,11,20-25H,7-8,10,12-19H2,1-6H3,(H,33,38)(H,34,36)/b11-9+/t20?,21-,22-,23?,24?,25+,31?/m0/s1. The molecule has 5 fully saturated rings. The smallest absolute Gasteiger partial charge is 0.444 e. The normalized spacial score (nSPS) is 38.1. The van der Waals surface area contributed by atoms with Crippen molar-refractivity contribution >= 4 is 25.0 Å². The van der Waals surface area contributed by atoms with Gasteiger partial charge >= 0.3 is 13.2 Å². The van der Waals surface area contributed by atoms with Crippen LogP contribution in [-0.4, -0.2) is 85.0 Å². The van der Waals surface area contributed by atoms with Gasteiger partial charge in [0, 0.05) is 6.54 Å². The van der Waals surface area contributed by atoms with E-state index in [0.29, 0.717) is 37.8 Å². The highest BCUT2D eigenvalue weighted by Gasteiger charge is 2.68. The lowest BCUT2D eigenvalue weighted by atomic mass is 9.43. The number of allylic oxidation sites excluding steroid dienone is 1. The molecule has 0 aromatic carbocycles. The van der Waals surface area contributed by atoms with Crippen molar-refractivity contribution in [2.24, 2.45) is 17.3 Å². The topological polar surface area (TPSA) is 115 Å². The lowest BCUT2D eigenvalue weighted by Gasteiger charge is -2.64. The fourth-order valence-corrected chi connectivity index (χ4v) is 7.82. The maximum atomic E-state index is 13.8. The molecule has 0 aromatic rings. The average molecular weight is 588 g/mol. The van der Waals surface area contributed by atoms with Crippen molar-refractivity contribution in [1.29, 1.82) is 0 Å². The molecule has 3 amide bonds. The molecule has 3 aliphatic heterocycles. The van der Waals surface area contributed by atoms with E-state index < -0.39 is 30.9 Å². The summed E-state index contributed by atoms with van der Waals surface area (Å²) in [5.74, 6) is 0.219. The van der Waals surface area contributed by atoms with Gasteiger partial charge in [0.15, 0.2) is 0 Å². The van der Waals surface area contributed by atoms with Gasteiger partial charge < -0.3 is 34.3 Å². The van der Waals surface area contributed by atoms with Gasteiger partial charge in [0.05, 0.1) is 30.9 Å². The van der Waals surface area contributed by atoms with Crippen LogP contribution in [0.2, 0.25) is 0 Å². The highest BCUT2D eigenvalue weighted by atomic mass is 16.7.